The fourth-order valence-electron chi connectivity index (χ4n) is 5.90. The van der Waals surface area contributed by atoms with Gasteiger partial charge in [0.15, 0.2) is 0 Å². The fraction of sp³-hybridized carbons (Fsp3) is 0. The Kier molecular flexibility index (Phi) is 4.68. The zero-order chi connectivity index (χ0) is 23.9. The van der Waals surface area contributed by atoms with Gasteiger partial charge in [0.2, 0.25) is 0 Å². The number of fused-ring (bicyclic) bond motifs is 5. The van der Waals surface area contributed by atoms with Crippen LogP contribution in [0.4, 0.5) is 0 Å². The highest BCUT2D eigenvalue weighted by Crippen LogP contribution is 2.40. The van der Waals surface area contributed by atoms with Gasteiger partial charge < -0.3 is 4.42 Å². The summed E-state index contributed by atoms with van der Waals surface area (Å²) in [6.07, 6.45) is 0. The summed E-state index contributed by atoms with van der Waals surface area (Å²) in [6, 6.07) is 19.9. The van der Waals surface area contributed by atoms with Crippen LogP contribution in [-0.4, -0.2) is 54.9 Å². The van der Waals surface area contributed by atoms with E-state index in [4.69, 9.17) is 4.42 Å². The van der Waals surface area contributed by atoms with E-state index in [9.17, 15) is 0 Å². The maximum absolute atomic E-state index is 6.75. The first-order valence-corrected chi connectivity index (χ1v) is 12.1. The van der Waals surface area contributed by atoms with Crippen molar-refractivity contribution in [3.8, 4) is 11.1 Å². The maximum Gasteiger partial charge on any atom is 0.143 e. The minimum absolute atomic E-state index is 1.03. The average Bonchev–Trinajstić information content (AvgIpc) is 3.25. The molecule has 0 N–H and O–H groups in total. The highest BCUT2D eigenvalue weighted by atomic mass is 16.3. The summed E-state index contributed by atoms with van der Waals surface area (Å²) >= 11 is 0. The summed E-state index contributed by atoms with van der Waals surface area (Å²) in [5.41, 5.74) is 13.8. The van der Waals surface area contributed by atoms with E-state index in [1.807, 2.05) is 0 Å². The summed E-state index contributed by atoms with van der Waals surface area (Å²) in [4.78, 5) is 0. The first-order chi connectivity index (χ1) is 16.3. The maximum atomic E-state index is 6.75. The molecule has 0 amide bonds. The quantitative estimate of drug-likeness (QED) is 0.190. The van der Waals surface area contributed by atoms with Gasteiger partial charge in [0.05, 0.1) is 0 Å². The van der Waals surface area contributed by atoms with Crippen LogP contribution in [0.1, 0.15) is 0 Å². The zero-order valence-electron chi connectivity index (χ0n) is 21.1. The second kappa shape index (κ2) is 7.44. The molecular formula is C26H23B7O. The standard InChI is InChI=1S/C26H23B7O/c27-18-15(14-12-7-3-1-5-10(12)9-11-6-2-4-8-13(11)14)16-17-19(28)20(29)22(31)24(33)26(17)34-25(16)23(32)21(18)30/h1-9H,27-33H2. The van der Waals surface area contributed by atoms with E-state index in [1.54, 1.807) is 0 Å². The van der Waals surface area contributed by atoms with Gasteiger partial charge in [0.25, 0.3) is 0 Å². The molecule has 1 heterocycles. The van der Waals surface area contributed by atoms with Gasteiger partial charge in [-0.3, -0.25) is 0 Å². The molecule has 6 rings (SSSR count). The van der Waals surface area contributed by atoms with Crippen molar-refractivity contribution in [3.05, 3.63) is 54.6 Å². The van der Waals surface area contributed by atoms with Gasteiger partial charge in [-0.2, -0.15) is 0 Å². The molecule has 1 aromatic heterocycles. The average molecular weight is 427 g/mol. The van der Waals surface area contributed by atoms with E-state index in [0.29, 0.717) is 0 Å². The lowest BCUT2D eigenvalue weighted by Gasteiger charge is -2.19. The molecule has 6 aromatic rings. The molecule has 0 radical (unpaired) electrons. The van der Waals surface area contributed by atoms with Crippen molar-refractivity contribution in [2.45, 2.75) is 0 Å². The van der Waals surface area contributed by atoms with Gasteiger partial charge in [-0.25, -0.2) is 0 Å². The summed E-state index contributed by atoms with van der Waals surface area (Å²) in [7, 11) is 15.7. The number of hydrogen-bond donors (Lipinski definition) is 0. The summed E-state index contributed by atoms with van der Waals surface area (Å²) in [5.74, 6) is 0. The Bertz CT molecular complexity index is 1780. The van der Waals surface area contributed by atoms with Crippen molar-refractivity contribution < 1.29 is 4.42 Å². The van der Waals surface area contributed by atoms with Crippen LogP contribution in [0.3, 0.4) is 0 Å². The van der Waals surface area contributed by atoms with Crippen molar-refractivity contribution >= 4 is 137 Å². The molecule has 34 heavy (non-hydrogen) atoms. The Balaban J connectivity index is 1.98. The minimum Gasteiger partial charge on any atom is -0.457 e. The molecule has 1 nitrogen and oxygen atoms in total. The first-order valence-electron chi connectivity index (χ1n) is 12.1. The molecule has 154 valence electrons. The lowest BCUT2D eigenvalue weighted by molar-refractivity contribution is 0.675. The third-order valence-corrected chi connectivity index (χ3v) is 8.42. The highest BCUT2D eigenvalue weighted by molar-refractivity contribution is 6.68. The molecule has 0 saturated heterocycles. The molecule has 0 aliphatic carbocycles. The van der Waals surface area contributed by atoms with Gasteiger partial charge in [-0.15, -0.1) is 5.46 Å². The van der Waals surface area contributed by atoms with Gasteiger partial charge in [0.1, 0.15) is 66.1 Å². The normalized spacial score (nSPS) is 11.8. The Morgan fingerprint density at radius 3 is 1.50 bits per heavy atom. The number of rotatable bonds is 1. The van der Waals surface area contributed by atoms with E-state index in [0.717, 1.165) is 11.2 Å². The molecule has 0 aliphatic rings. The molecule has 5 aromatic carbocycles. The number of furan rings is 1. The Labute approximate surface area is 206 Å². The number of hydrogen-bond acceptors (Lipinski definition) is 1. The second-order valence-electron chi connectivity index (χ2n) is 9.95. The van der Waals surface area contributed by atoms with Crippen molar-refractivity contribution in [1.82, 2.24) is 0 Å². The van der Waals surface area contributed by atoms with Crippen molar-refractivity contribution in [2.24, 2.45) is 0 Å². The van der Waals surface area contributed by atoms with Crippen LogP contribution in [0, 0.1) is 0 Å². The molecule has 0 aliphatic heterocycles. The van der Waals surface area contributed by atoms with Crippen LogP contribution in [0.5, 0.6) is 0 Å². The zero-order valence-corrected chi connectivity index (χ0v) is 21.1. The SMILES string of the molecule is Bc1c(B)c(B)c2c(oc3c(B)c(B)c(B)c(-c4c5ccccc5cc5ccccc45)c32)c1B. The lowest BCUT2D eigenvalue weighted by atomic mass is 9.64. The van der Waals surface area contributed by atoms with Crippen LogP contribution >= 0.6 is 0 Å². The van der Waals surface area contributed by atoms with E-state index in [-0.39, 0.29) is 0 Å². The van der Waals surface area contributed by atoms with Crippen molar-refractivity contribution in [1.29, 1.82) is 0 Å². The molecule has 0 atom stereocenters. The van der Waals surface area contributed by atoms with Crippen LogP contribution in [0.15, 0.2) is 59.0 Å². The molecule has 8 heteroatoms. The molecule has 0 saturated carbocycles. The molecule has 0 spiro atoms. The minimum atomic E-state index is 1.03. The van der Waals surface area contributed by atoms with Crippen LogP contribution in [-0.2, 0) is 0 Å². The molecule has 0 fully saturated rings. The van der Waals surface area contributed by atoms with E-state index in [2.05, 4.69) is 110 Å². The Morgan fingerprint density at radius 2 is 0.912 bits per heavy atom. The summed E-state index contributed by atoms with van der Waals surface area (Å²) in [5, 5.41) is 7.67. The Hall–Kier alpha value is -3.13. The second-order valence-corrected chi connectivity index (χ2v) is 9.95. The van der Waals surface area contributed by atoms with E-state index in [1.165, 1.54) is 81.7 Å². The largest absolute Gasteiger partial charge is 0.457 e. The smallest absolute Gasteiger partial charge is 0.143 e. The third kappa shape index (κ3) is 2.72. The third-order valence-electron chi connectivity index (χ3n) is 8.42. The van der Waals surface area contributed by atoms with E-state index >= 15 is 0 Å². The van der Waals surface area contributed by atoms with Gasteiger partial charge in [-0.1, -0.05) is 81.3 Å². The van der Waals surface area contributed by atoms with Crippen molar-refractivity contribution in [2.75, 3.05) is 0 Å². The Morgan fingerprint density at radius 1 is 0.441 bits per heavy atom. The van der Waals surface area contributed by atoms with Gasteiger partial charge in [-0.05, 0) is 38.7 Å². The summed E-state index contributed by atoms with van der Waals surface area (Å²) < 4.78 is 6.75. The molecular weight excluding hydrogens is 404 g/mol. The van der Waals surface area contributed by atoms with Crippen LogP contribution in [0.25, 0.3) is 54.6 Å². The molecule has 0 unspecified atom stereocenters. The van der Waals surface area contributed by atoms with Gasteiger partial charge in [0, 0.05) is 10.8 Å². The highest BCUT2D eigenvalue weighted by Gasteiger charge is 2.24. The lowest BCUT2D eigenvalue weighted by Crippen LogP contribution is -2.47. The van der Waals surface area contributed by atoms with Crippen LogP contribution in [0.2, 0.25) is 0 Å². The monoisotopic (exact) mass is 428 g/mol. The van der Waals surface area contributed by atoms with Crippen molar-refractivity contribution in [3.63, 3.8) is 0 Å². The fourth-order valence-corrected chi connectivity index (χ4v) is 5.90. The predicted octanol–water partition coefficient (Wildman–Crippen LogP) is -4.63. The first kappa shape index (κ1) is 21.4. The number of benzene rings is 5. The topological polar surface area (TPSA) is 13.1 Å². The molecule has 0 bridgehead atoms. The summed E-state index contributed by atoms with van der Waals surface area (Å²) in [6.45, 7) is 0. The predicted molar refractivity (Wildman–Crippen MR) is 171 cm³/mol. The van der Waals surface area contributed by atoms with Gasteiger partial charge >= 0.3 is 0 Å². The van der Waals surface area contributed by atoms with E-state index < -0.39 is 0 Å². The van der Waals surface area contributed by atoms with Crippen LogP contribution < -0.4 is 38.2 Å².